The summed E-state index contributed by atoms with van der Waals surface area (Å²) in [5.41, 5.74) is 19.1. The summed E-state index contributed by atoms with van der Waals surface area (Å²) in [5, 5.41) is 11.0. The predicted molar refractivity (Wildman–Crippen MR) is 92.5 cm³/mol. The van der Waals surface area contributed by atoms with Crippen LogP contribution in [0.15, 0.2) is 36.4 Å². The van der Waals surface area contributed by atoms with Gasteiger partial charge in [0.05, 0.1) is 12.3 Å². The molecule has 24 heavy (non-hydrogen) atoms. The second-order valence-electron chi connectivity index (χ2n) is 5.12. The summed E-state index contributed by atoms with van der Waals surface area (Å²) in [6.45, 7) is 1.76. The monoisotopic (exact) mass is 332 g/mol. The first-order chi connectivity index (χ1) is 11.4. The molecule has 0 heterocycles. The van der Waals surface area contributed by atoms with E-state index >= 15 is 0 Å². The fourth-order valence-electron chi connectivity index (χ4n) is 2.18. The van der Waals surface area contributed by atoms with Gasteiger partial charge in [0, 0.05) is 10.6 Å². The molecular formula is C16H20N4O4. The summed E-state index contributed by atoms with van der Waals surface area (Å²) >= 11 is 0. The Bertz CT molecular complexity index is 719. The van der Waals surface area contributed by atoms with Crippen molar-refractivity contribution >= 4 is 17.1 Å². The quantitative estimate of drug-likeness (QED) is 0.401. The number of rotatable bonds is 7. The van der Waals surface area contributed by atoms with Crippen molar-refractivity contribution in [3.05, 3.63) is 52.1 Å². The van der Waals surface area contributed by atoms with Gasteiger partial charge >= 0.3 is 0 Å². The molecule has 0 aliphatic heterocycles. The molecule has 8 nitrogen and oxygen atoms in total. The molecule has 0 aliphatic rings. The molecule has 2 aromatic rings. The van der Waals surface area contributed by atoms with E-state index in [9.17, 15) is 10.1 Å². The number of nitrogens with zero attached hydrogens (tertiary/aromatic N) is 1. The smallest absolute Gasteiger partial charge is 0.244 e. The van der Waals surface area contributed by atoms with E-state index in [1.165, 1.54) is 0 Å². The Morgan fingerprint density at radius 1 is 1.12 bits per heavy atom. The molecule has 0 fully saturated rings. The van der Waals surface area contributed by atoms with Crippen LogP contribution in [0.5, 0.6) is 11.5 Å². The minimum Gasteiger partial charge on any atom is -0.490 e. The van der Waals surface area contributed by atoms with Crippen LogP contribution >= 0.6 is 0 Å². The fourth-order valence-corrected chi connectivity index (χ4v) is 2.18. The largest absolute Gasteiger partial charge is 0.490 e. The lowest BCUT2D eigenvalue weighted by molar-refractivity contribution is -0.490. The van der Waals surface area contributed by atoms with Crippen LogP contribution in [0.25, 0.3) is 0 Å². The molecule has 0 aromatic heterocycles. The number of anilines is 3. The van der Waals surface area contributed by atoms with Crippen LogP contribution in [0.2, 0.25) is 0 Å². The lowest BCUT2D eigenvalue weighted by Crippen LogP contribution is -2.19. The maximum Gasteiger partial charge on any atom is 0.244 e. The van der Waals surface area contributed by atoms with Crippen LogP contribution < -0.4 is 26.7 Å². The topological polar surface area (TPSA) is 140 Å². The number of nitrogens with two attached hydrogens (primary N) is 3. The summed E-state index contributed by atoms with van der Waals surface area (Å²) in [5.74, 6) is 0.577. The number of ether oxygens (including phenoxy) is 2. The first kappa shape index (κ1) is 17.2. The number of nitro groups is 1. The molecular weight excluding hydrogens is 312 g/mol. The summed E-state index contributed by atoms with van der Waals surface area (Å²) < 4.78 is 11.3. The predicted octanol–water partition coefficient (Wildman–Crippen LogP) is 2.23. The van der Waals surface area contributed by atoms with E-state index in [0.717, 1.165) is 0 Å². The molecule has 2 aromatic carbocycles. The molecule has 0 bridgehead atoms. The van der Waals surface area contributed by atoms with E-state index in [0.29, 0.717) is 29.3 Å². The molecule has 0 saturated heterocycles. The summed E-state index contributed by atoms with van der Waals surface area (Å²) in [6.07, 6.45) is -0.857. The van der Waals surface area contributed by atoms with Gasteiger partial charge in [0.15, 0.2) is 17.6 Å². The van der Waals surface area contributed by atoms with Gasteiger partial charge in [0.2, 0.25) is 6.54 Å². The summed E-state index contributed by atoms with van der Waals surface area (Å²) in [7, 11) is 0. The third-order valence-electron chi connectivity index (χ3n) is 3.38. The van der Waals surface area contributed by atoms with Gasteiger partial charge in [-0.15, -0.1) is 0 Å². The molecule has 6 N–H and O–H groups in total. The van der Waals surface area contributed by atoms with Crippen LogP contribution in [0.1, 0.15) is 18.6 Å². The van der Waals surface area contributed by atoms with Gasteiger partial charge in [0.25, 0.3) is 0 Å². The number of hydrogen-bond donors (Lipinski definition) is 3. The van der Waals surface area contributed by atoms with Crippen LogP contribution in [0.4, 0.5) is 17.1 Å². The van der Waals surface area contributed by atoms with E-state index in [2.05, 4.69) is 0 Å². The second kappa shape index (κ2) is 7.40. The standard InChI is InChI=1S/C16H20N4O4/c1-2-23-13-8-7-12(18)15(19)16(13)24-14(9-20(21)22)10-3-5-11(17)6-4-10/h3-8,14H,2,9,17-19H2,1H3. The van der Waals surface area contributed by atoms with Crippen molar-refractivity contribution in [1.29, 1.82) is 0 Å². The van der Waals surface area contributed by atoms with Gasteiger partial charge in [0.1, 0.15) is 5.69 Å². The van der Waals surface area contributed by atoms with E-state index < -0.39 is 17.6 Å². The van der Waals surface area contributed by atoms with Crippen LogP contribution in [0.3, 0.4) is 0 Å². The van der Waals surface area contributed by atoms with Gasteiger partial charge < -0.3 is 26.7 Å². The Hall–Kier alpha value is -3.16. The molecule has 128 valence electrons. The maximum atomic E-state index is 11.0. The van der Waals surface area contributed by atoms with Crippen LogP contribution in [-0.2, 0) is 0 Å². The highest BCUT2D eigenvalue weighted by Crippen LogP contribution is 2.40. The van der Waals surface area contributed by atoms with Gasteiger partial charge in [-0.2, -0.15) is 0 Å². The first-order valence-corrected chi connectivity index (χ1v) is 7.37. The zero-order chi connectivity index (χ0) is 17.7. The lowest BCUT2D eigenvalue weighted by atomic mass is 10.1. The summed E-state index contributed by atoms with van der Waals surface area (Å²) in [6, 6.07) is 9.87. The molecule has 2 rings (SSSR count). The van der Waals surface area contributed by atoms with E-state index in [-0.39, 0.29) is 11.4 Å². The zero-order valence-electron chi connectivity index (χ0n) is 13.3. The molecule has 0 amide bonds. The number of nitrogen functional groups attached to an aromatic ring is 3. The Balaban J connectivity index is 2.40. The van der Waals surface area contributed by atoms with Crippen molar-refractivity contribution in [2.24, 2.45) is 0 Å². The van der Waals surface area contributed by atoms with Gasteiger partial charge in [-0.1, -0.05) is 12.1 Å². The Kier molecular flexibility index (Phi) is 5.31. The van der Waals surface area contributed by atoms with Crippen LogP contribution in [-0.4, -0.2) is 18.1 Å². The number of benzene rings is 2. The highest BCUT2D eigenvalue weighted by atomic mass is 16.6. The Morgan fingerprint density at radius 3 is 2.38 bits per heavy atom. The summed E-state index contributed by atoms with van der Waals surface area (Å²) in [4.78, 5) is 10.6. The van der Waals surface area contributed by atoms with Gasteiger partial charge in [-0.25, -0.2) is 0 Å². The van der Waals surface area contributed by atoms with Gasteiger partial charge in [-0.05, 0) is 36.8 Å². The maximum absolute atomic E-state index is 11.0. The van der Waals surface area contributed by atoms with Gasteiger partial charge in [-0.3, -0.25) is 10.1 Å². The SMILES string of the molecule is CCOc1ccc(N)c(N)c1OC(C[N+](=O)[O-])c1ccc(N)cc1. The highest BCUT2D eigenvalue weighted by molar-refractivity contribution is 5.75. The average molecular weight is 332 g/mol. The minimum absolute atomic E-state index is 0.185. The Morgan fingerprint density at radius 2 is 1.79 bits per heavy atom. The zero-order valence-corrected chi connectivity index (χ0v) is 13.3. The third-order valence-corrected chi connectivity index (χ3v) is 3.38. The van der Waals surface area contributed by atoms with Crippen molar-refractivity contribution < 1.29 is 14.4 Å². The Labute approximate surface area is 139 Å². The number of hydrogen-bond acceptors (Lipinski definition) is 7. The molecule has 1 unspecified atom stereocenters. The van der Waals surface area contributed by atoms with Crippen molar-refractivity contribution in [2.75, 3.05) is 30.4 Å². The van der Waals surface area contributed by atoms with E-state index in [4.69, 9.17) is 26.7 Å². The molecule has 1 atom stereocenters. The molecule has 8 heteroatoms. The molecule has 0 saturated carbocycles. The lowest BCUT2D eigenvalue weighted by Gasteiger charge is -2.20. The average Bonchev–Trinajstić information content (AvgIpc) is 2.54. The molecule has 0 spiro atoms. The van der Waals surface area contributed by atoms with Crippen LogP contribution in [0, 0.1) is 10.1 Å². The fraction of sp³-hybridized carbons (Fsp3) is 0.250. The van der Waals surface area contributed by atoms with Crippen molar-refractivity contribution in [3.8, 4) is 11.5 Å². The third kappa shape index (κ3) is 3.97. The van der Waals surface area contributed by atoms with E-state index in [1.54, 1.807) is 36.4 Å². The first-order valence-electron chi connectivity index (χ1n) is 7.37. The minimum atomic E-state index is -0.857. The van der Waals surface area contributed by atoms with Crippen molar-refractivity contribution in [2.45, 2.75) is 13.0 Å². The molecule has 0 radical (unpaired) electrons. The second-order valence-corrected chi connectivity index (χ2v) is 5.12. The van der Waals surface area contributed by atoms with Crippen molar-refractivity contribution in [1.82, 2.24) is 0 Å². The van der Waals surface area contributed by atoms with Crippen molar-refractivity contribution in [3.63, 3.8) is 0 Å². The normalized spacial score (nSPS) is 11.7. The molecule has 0 aliphatic carbocycles. The van der Waals surface area contributed by atoms with E-state index in [1.807, 2.05) is 6.92 Å². The highest BCUT2D eigenvalue weighted by Gasteiger charge is 2.23.